The molecule has 6 heteroatoms. The molecule has 5 nitrogen and oxygen atoms in total. The topological polar surface area (TPSA) is 103 Å². The summed E-state index contributed by atoms with van der Waals surface area (Å²) >= 11 is 0. The Bertz CT molecular complexity index is 509. The van der Waals surface area contributed by atoms with Gasteiger partial charge in [0.05, 0.1) is 16.3 Å². The molecule has 0 aliphatic carbocycles. The maximum absolute atomic E-state index is 11.8. The maximum atomic E-state index is 11.8. The van der Waals surface area contributed by atoms with Crippen LogP contribution in [0.1, 0.15) is 12.0 Å². The monoisotopic (exact) mass is 242 g/mol. The van der Waals surface area contributed by atoms with E-state index in [-0.39, 0.29) is 22.8 Å². The Kier molecular flexibility index (Phi) is 3.54. The average molecular weight is 242 g/mol. The lowest BCUT2D eigenvalue weighted by molar-refractivity contribution is -0.117. The smallest absolute Gasteiger partial charge is 0.218 e. The van der Waals surface area contributed by atoms with Crippen molar-refractivity contribution in [3.63, 3.8) is 0 Å². The van der Waals surface area contributed by atoms with Crippen LogP contribution in [0.25, 0.3) is 0 Å². The number of carbonyl (C=O) groups is 1. The highest BCUT2D eigenvalue weighted by Gasteiger charge is 2.18. The first kappa shape index (κ1) is 12.5. The molecule has 4 N–H and O–H groups in total. The third-order valence-electron chi connectivity index (χ3n) is 2.12. The first-order chi connectivity index (χ1) is 7.33. The molecule has 0 unspecified atom stereocenters. The summed E-state index contributed by atoms with van der Waals surface area (Å²) in [5.74, 6) is -0.954. The zero-order valence-electron chi connectivity index (χ0n) is 8.93. The average Bonchev–Trinajstić information content (AvgIpc) is 2.14. The Balaban J connectivity index is 3.03. The van der Waals surface area contributed by atoms with Crippen LogP contribution in [0.4, 0.5) is 5.69 Å². The number of nitrogen functional groups attached to an aromatic ring is 1. The van der Waals surface area contributed by atoms with E-state index in [9.17, 15) is 13.2 Å². The zero-order valence-corrected chi connectivity index (χ0v) is 9.75. The van der Waals surface area contributed by atoms with E-state index in [1.807, 2.05) is 6.92 Å². The van der Waals surface area contributed by atoms with Crippen LogP contribution < -0.4 is 11.5 Å². The number of primary amides is 1. The summed E-state index contributed by atoms with van der Waals surface area (Å²) in [6.45, 7) is 1.82. The van der Waals surface area contributed by atoms with Crippen LogP contribution in [0.2, 0.25) is 0 Å². The molecule has 1 rings (SSSR count). The minimum Gasteiger partial charge on any atom is -0.398 e. The van der Waals surface area contributed by atoms with Crippen molar-refractivity contribution in [2.24, 2.45) is 5.73 Å². The molecule has 1 aromatic carbocycles. The molecular weight excluding hydrogens is 228 g/mol. The normalized spacial score (nSPS) is 11.3. The fraction of sp³-hybridized carbons (Fsp3) is 0.300. The van der Waals surface area contributed by atoms with Gasteiger partial charge in [-0.1, -0.05) is 6.07 Å². The van der Waals surface area contributed by atoms with Crippen LogP contribution in [0, 0.1) is 6.92 Å². The fourth-order valence-corrected chi connectivity index (χ4v) is 2.68. The molecule has 0 spiro atoms. The number of hydrogen-bond donors (Lipinski definition) is 2. The number of amides is 1. The summed E-state index contributed by atoms with van der Waals surface area (Å²) in [6, 6.07) is 4.69. The van der Waals surface area contributed by atoms with Gasteiger partial charge in [0.1, 0.15) is 0 Å². The van der Waals surface area contributed by atoms with Gasteiger partial charge in [0, 0.05) is 6.42 Å². The zero-order chi connectivity index (χ0) is 12.3. The van der Waals surface area contributed by atoms with Crippen LogP contribution in [0.5, 0.6) is 0 Å². The van der Waals surface area contributed by atoms with E-state index in [4.69, 9.17) is 11.5 Å². The lowest BCUT2D eigenvalue weighted by Gasteiger charge is -2.07. The van der Waals surface area contributed by atoms with Crippen molar-refractivity contribution in [3.8, 4) is 0 Å². The second-order valence-corrected chi connectivity index (χ2v) is 5.65. The molecule has 0 bridgehead atoms. The van der Waals surface area contributed by atoms with Crippen molar-refractivity contribution in [3.05, 3.63) is 23.8 Å². The largest absolute Gasteiger partial charge is 0.398 e. The van der Waals surface area contributed by atoms with Crippen LogP contribution in [-0.4, -0.2) is 20.1 Å². The summed E-state index contributed by atoms with van der Waals surface area (Å²) in [5.41, 5.74) is 11.6. The van der Waals surface area contributed by atoms with Gasteiger partial charge in [-0.3, -0.25) is 4.79 Å². The number of anilines is 1. The number of carbonyl (C=O) groups excluding carboxylic acids is 1. The summed E-state index contributed by atoms with van der Waals surface area (Å²) in [5, 5.41) is 0. The first-order valence-corrected chi connectivity index (χ1v) is 6.35. The molecule has 0 atom stereocenters. The van der Waals surface area contributed by atoms with E-state index in [2.05, 4.69) is 0 Å². The second-order valence-electron chi connectivity index (χ2n) is 3.58. The van der Waals surface area contributed by atoms with E-state index in [0.717, 1.165) is 5.56 Å². The Morgan fingerprint density at radius 1 is 1.38 bits per heavy atom. The lowest BCUT2D eigenvalue weighted by Crippen LogP contribution is -2.18. The van der Waals surface area contributed by atoms with Crippen molar-refractivity contribution >= 4 is 21.4 Å². The molecule has 1 amide bonds. The molecular formula is C10H14N2O3S. The van der Waals surface area contributed by atoms with Gasteiger partial charge in [0.15, 0.2) is 9.84 Å². The molecule has 0 radical (unpaired) electrons. The molecule has 0 aromatic heterocycles. The van der Waals surface area contributed by atoms with Gasteiger partial charge in [-0.05, 0) is 24.6 Å². The van der Waals surface area contributed by atoms with E-state index < -0.39 is 15.7 Å². The van der Waals surface area contributed by atoms with E-state index >= 15 is 0 Å². The highest BCUT2D eigenvalue weighted by Crippen LogP contribution is 2.21. The van der Waals surface area contributed by atoms with Gasteiger partial charge >= 0.3 is 0 Å². The quantitative estimate of drug-likeness (QED) is 0.737. The third kappa shape index (κ3) is 2.96. The van der Waals surface area contributed by atoms with Gasteiger partial charge in [-0.25, -0.2) is 8.42 Å². The number of rotatable bonds is 4. The Labute approximate surface area is 94.4 Å². The van der Waals surface area contributed by atoms with E-state index in [1.165, 1.54) is 6.07 Å². The highest BCUT2D eigenvalue weighted by atomic mass is 32.2. The van der Waals surface area contributed by atoms with Crippen LogP contribution in [0.3, 0.4) is 0 Å². The van der Waals surface area contributed by atoms with E-state index in [1.54, 1.807) is 12.1 Å². The minimum atomic E-state index is -3.53. The Morgan fingerprint density at radius 2 is 2.00 bits per heavy atom. The van der Waals surface area contributed by atoms with E-state index in [0.29, 0.717) is 0 Å². The van der Waals surface area contributed by atoms with Gasteiger partial charge in [-0.2, -0.15) is 0 Å². The standard InChI is InChI=1S/C10H14N2O3S/c1-7-2-3-9(8(11)6-7)16(14,15)5-4-10(12)13/h2-3,6H,4-5,11H2,1H3,(H2,12,13). The SMILES string of the molecule is Cc1ccc(S(=O)(=O)CCC(N)=O)c(N)c1. The van der Waals surface area contributed by atoms with Crippen molar-refractivity contribution in [2.75, 3.05) is 11.5 Å². The summed E-state index contributed by atoms with van der Waals surface area (Å²) in [6.07, 6.45) is -0.199. The molecule has 0 fully saturated rings. The van der Waals surface area contributed by atoms with Crippen LogP contribution >= 0.6 is 0 Å². The first-order valence-electron chi connectivity index (χ1n) is 4.70. The highest BCUT2D eigenvalue weighted by molar-refractivity contribution is 7.91. The predicted octanol–water partition coefficient (Wildman–Crippen LogP) is 0.226. The fourth-order valence-electron chi connectivity index (χ4n) is 1.30. The number of benzene rings is 1. The summed E-state index contributed by atoms with van der Waals surface area (Å²) in [4.78, 5) is 10.6. The Hall–Kier alpha value is -1.56. The molecule has 0 saturated carbocycles. The van der Waals surface area contributed by atoms with Crippen molar-refractivity contribution in [1.29, 1.82) is 0 Å². The van der Waals surface area contributed by atoms with Crippen molar-refractivity contribution < 1.29 is 13.2 Å². The van der Waals surface area contributed by atoms with Crippen LogP contribution in [-0.2, 0) is 14.6 Å². The number of aryl methyl sites for hydroxylation is 1. The Morgan fingerprint density at radius 3 is 2.50 bits per heavy atom. The molecule has 16 heavy (non-hydrogen) atoms. The van der Waals surface area contributed by atoms with Crippen molar-refractivity contribution in [2.45, 2.75) is 18.2 Å². The summed E-state index contributed by atoms with van der Waals surface area (Å²) in [7, 11) is -3.53. The molecule has 0 heterocycles. The van der Waals surface area contributed by atoms with Gasteiger partial charge in [0.25, 0.3) is 0 Å². The molecule has 1 aromatic rings. The van der Waals surface area contributed by atoms with Gasteiger partial charge < -0.3 is 11.5 Å². The number of hydrogen-bond acceptors (Lipinski definition) is 4. The van der Waals surface area contributed by atoms with Gasteiger partial charge in [-0.15, -0.1) is 0 Å². The third-order valence-corrected chi connectivity index (χ3v) is 3.90. The molecule has 88 valence electrons. The lowest BCUT2D eigenvalue weighted by atomic mass is 10.2. The second kappa shape index (κ2) is 4.52. The maximum Gasteiger partial charge on any atom is 0.218 e. The van der Waals surface area contributed by atoms with Gasteiger partial charge in [0.2, 0.25) is 5.91 Å². The number of sulfone groups is 1. The van der Waals surface area contributed by atoms with Crippen LogP contribution in [0.15, 0.2) is 23.1 Å². The molecule has 0 aliphatic heterocycles. The molecule has 0 saturated heterocycles. The van der Waals surface area contributed by atoms with Crippen molar-refractivity contribution in [1.82, 2.24) is 0 Å². The summed E-state index contributed by atoms with van der Waals surface area (Å²) < 4.78 is 23.6. The predicted molar refractivity (Wildman–Crippen MR) is 61.5 cm³/mol. The number of nitrogens with two attached hydrogens (primary N) is 2. The minimum absolute atomic E-state index is 0.0550. The molecule has 0 aliphatic rings.